The van der Waals surface area contributed by atoms with Crippen molar-refractivity contribution in [2.24, 2.45) is 5.92 Å². The van der Waals surface area contributed by atoms with Crippen molar-refractivity contribution >= 4 is 34.8 Å². The lowest BCUT2D eigenvalue weighted by Crippen LogP contribution is -2.58. The molecule has 2 aliphatic rings. The zero-order chi connectivity index (χ0) is 17.9. The predicted molar refractivity (Wildman–Crippen MR) is 99.5 cm³/mol. The number of hydrogen-bond donors (Lipinski definition) is 2. The van der Waals surface area contributed by atoms with Crippen LogP contribution in [-0.4, -0.2) is 43.0 Å². The third-order valence-electron chi connectivity index (χ3n) is 5.21. The van der Waals surface area contributed by atoms with Crippen LogP contribution in [0.5, 0.6) is 0 Å². The van der Waals surface area contributed by atoms with E-state index in [-0.39, 0.29) is 17.7 Å². The Morgan fingerprint density at radius 3 is 2.88 bits per heavy atom. The summed E-state index contributed by atoms with van der Waals surface area (Å²) in [6.45, 7) is 3.81. The Morgan fingerprint density at radius 1 is 1.40 bits per heavy atom. The van der Waals surface area contributed by atoms with Gasteiger partial charge in [0.25, 0.3) is 5.91 Å². The van der Waals surface area contributed by atoms with Gasteiger partial charge < -0.3 is 15.4 Å². The second kappa shape index (κ2) is 8.06. The molecule has 0 saturated carbocycles. The van der Waals surface area contributed by atoms with Gasteiger partial charge in [-0.15, -0.1) is 22.9 Å². The summed E-state index contributed by atoms with van der Waals surface area (Å²) in [5, 5.41) is 8.01. The van der Waals surface area contributed by atoms with E-state index in [0.29, 0.717) is 38.5 Å². The number of rotatable bonds is 5. The second-order valence-electron chi connectivity index (χ2n) is 7.16. The Bertz CT molecular complexity index is 640. The largest absolute Gasteiger partial charge is 0.381 e. The summed E-state index contributed by atoms with van der Waals surface area (Å²) in [5.74, 6) is 0.364. The van der Waals surface area contributed by atoms with Crippen molar-refractivity contribution in [1.82, 2.24) is 10.6 Å². The molecule has 3 rings (SSSR count). The summed E-state index contributed by atoms with van der Waals surface area (Å²) in [6, 6.07) is 0. The van der Waals surface area contributed by atoms with Gasteiger partial charge in [0.1, 0.15) is 5.88 Å². The van der Waals surface area contributed by atoms with Gasteiger partial charge in [0.2, 0.25) is 5.91 Å². The molecule has 1 aromatic rings. The van der Waals surface area contributed by atoms with Crippen LogP contribution >= 0.6 is 22.9 Å². The number of fused-ring (bicyclic) bond motifs is 1. The molecule has 5 nitrogen and oxygen atoms in total. The first kappa shape index (κ1) is 18.7. The Labute approximate surface area is 157 Å². The molecule has 0 spiro atoms. The Morgan fingerprint density at radius 2 is 2.16 bits per heavy atom. The smallest absolute Gasteiger partial charge is 0.252 e. The van der Waals surface area contributed by atoms with Crippen molar-refractivity contribution in [2.75, 3.05) is 25.6 Å². The van der Waals surface area contributed by atoms with E-state index in [1.54, 1.807) is 11.3 Å². The van der Waals surface area contributed by atoms with Gasteiger partial charge >= 0.3 is 0 Å². The maximum absolute atomic E-state index is 12.7. The van der Waals surface area contributed by atoms with Crippen LogP contribution in [0.4, 0.5) is 0 Å². The number of hydrogen-bond acceptors (Lipinski definition) is 4. The first-order chi connectivity index (χ1) is 12.0. The minimum atomic E-state index is -0.468. The molecular weight excluding hydrogens is 360 g/mol. The molecule has 2 amide bonds. The highest BCUT2D eigenvalue weighted by molar-refractivity contribution is 7.10. The van der Waals surface area contributed by atoms with E-state index in [9.17, 15) is 9.59 Å². The summed E-state index contributed by atoms with van der Waals surface area (Å²) < 4.78 is 5.41. The Balaban J connectivity index is 1.67. The van der Waals surface area contributed by atoms with Crippen molar-refractivity contribution in [1.29, 1.82) is 0 Å². The van der Waals surface area contributed by atoms with Gasteiger partial charge in [0.05, 0.1) is 11.1 Å². The molecule has 0 aromatic carbocycles. The van der Waals surface area contributed by atoms with Crippen molar-refractivity contribution in [2.45, 2.75) is 44.6 Å². The highest BCUT2D eigenvalue weighted by Gasteiger charge is 2.35. The maximum Gasteiger partial charge on any atom is 0.252 e. The normalized spacial score (nSPS) is 22.1. The van der Waals surface area contributed by atoms with Crippen LogP contribution in [0.1, 0.15) is 47.0 Å². The van der Waals surface area contributed by atoms with Crippen LogP contribution in [-0.2, 0) is 22.4 Å². The number of amides is 2. The van der Waals surface area contributed by atoms with Gasteiger partial charge in [-0.1, -0.05) is 6.92 Å². The number of halogens is 1. The van der Waals surface area contributed by atoms with E-state index in [2.05, 4.69) is 17.6 Å². The van der Waals surface area contributed by atoms with Crippen molar-refractivity contribution < 1.29 is 14.3 Å². The molecule has 2 N–H and O–H groups in total. The fourth-order valence-electron chi connectivity index (χ4n) is 3.65. The molecule has 138 valence electrons. The van der Waals surface area contributed by atoms with Crippen molar-refractivity contribution in [3.05, 3.63) is 21.4 Å². The summed E-state index contributed by atoms with van der Waals surface area (Å²) in [6.07, 6.45) is 4.53. The van der Waals surface area contributed by atoms with Gasteiger partial charge in [-0.3, -0.25) is 9.59 Å². The van der Waals surface area contributed by atoms with Crippen molar-refractivity contribution in [3.8, 4) is 0 Å². The van der Waals surface area contributed by atoms with Crippen LogP contribution < -0.4 is 10.6 Å². The summed E-state index contributed by atoms with van der Waals surface area (Å²) in [4.78, 5) is 25.9. The van der Waals surface area contributed by atoms with Gasteiger partial charge in [0.15, 0.2) is 0 Å². The lowest BCUT2D eigenvalue weighted by Gasteiger charge is -2.38. The minimum Gasteiger partial charge on any atom is -0.381 e. The monoisotopic (exact) mass is 384 g/mol. The molecule has 1 aromatic heterocycles. The molecule has 1 atom stereocenters. The lowest BCUT2D eigenvalue weighted by atomic mass is 9.88. The number of carbonyl (C=O) groups is 2. The van der Waals surface area contributed by atoms with E-state index in [4.69, 9.17) is 16.3 Å². The van der Waals surface area contributed by atoms with E-state index in [0.717, 1.165) is 24.8 Å². The third kappa shape index (κ3) is 4.36. The average molecular weight is 385 g/mol. The van der Waals surface area contributed by atoms with Crippen LogP contribution in [0.2, 0.25) is 0 Å². The van der Waals surface area contributed by atoms with Gasteiger partial charge in [-0.05, 0) is 43.6 Å². The van der Waals surface area contributed by atoms with Crippen molar-refractivity contribution in [3.63, 3.8) is 0 Å². The molecule has 7 heteroatoms. The molecule has 0 radical (unpaired) electrons. The lowest BCUT2D eigenvalue weighted by molar-refractivity contribution is -0.121. The molecule has 1 fully saturated rings. The number of thiophene rings is 1. The topological polar surface area (TPSA) is 67.4 Å². The summed E-state index contributed by atoms with van der Waals surface area (Å²) in [5.41, 5.74) is 1.55. The highest BCUT2D eigenvalue weighted by Crippen LogP contribution is 2.32. The minimum absolute atomic E-state index is 0.0435. The number of ether oxygens (including phenoxy) is 1. The van der Waals surface area contributed by atoms with Crippen LogP contribution in [0.25, 0.3) is 0 Å². The molecular formula is C18H25ClN2O3S. The van der Waals surface area contributed by atoms with Crippen LogP contribution in [0, 0.1) is 5.92 Å². The molecule has 1 aliphatic heterocycles. The standard InChI is InChI=1S/C18H25ClN2O3S/c1-12-2-3-13-14(10-25-15(13)8-12)17(23)20-11-18(21-16(22)9-19)4-6-24-7-5-18/h10,12H,2-9,11H2,1H3,(H,20,23)(H,21,22). The van der Waals surface area contributed by atoms with E-state index < -0.39 is 5.54 Å². The first-order valence-corrected chi connectivity index (χ1v) is 10.3. The highest BCUT2D eigenvalue weighted by atomic mass is 35.5. The molecule has 1 aliphatic carbocycles. The van der Waals surface area contributed by atoms with E-state index in [1.165, 1.54) is 10.4 Å². The number of carbonyl (C=O) groups excluding carboxylic acids is 2. The quantitative estimate of drug-likeness (QED) is 0.766. The average Bonchev–Trinajstić information content (AvgIpc) is 3.03. The zero-order valence-electron chi connectivity index (χ0n) is 14.5. The van der Waals surface area contributed by atoms with E-state index >= 15 is 0 Å². The molecule has 25 heavy (non-hydrogen) atoms. The number of alkyl halides is 1. The van der Waals surface area contributed by atoms with Gasteiger partial charge in [0, 0.05) is 30.0 Å². The zero-order valence-corrected chi connectivity index (χ0v) is 16.1. The molecule has 1 saturated heterocycles. The van der Waals surface area contributed by atoms with Crippen LogP contribution in [0.3, 0.4) is 0 Å². The molecule has 1 unspecified atom stereocenters. The van der Waals surface area contributed by atoms with Gasteiger partial charge in [-0.25, -0.2) is 0 Å². The summed E-state index contributed by atoms with van der Waals surface area (Å²) >= 11 is 7.33. The third-order valence-corrected chi connectivity index (χ3v) is 6.50. The SMILES string of the molecule is CC1CCc2c(C(=O)NCC3(NC(=O)CCl)CCOCC3)csc2C1. The number of nitrogens with one attached hydrogen (secondary N) is 2. The maximum atomic E-state index is 12.7. The Hall–Kier alpha value is -1.11. The molecule has 0 bridgehead atoms. The van der Waals surface area contributed by atoms with Gasteiger partial charge in [-0.2, -0.15) is 0 Å². The predicted octanol–water partition coefficient (Wildman–Crippen LogP) is 2.51. The van der Waals surface area contributed by atoms with Crippen LogP contribution in [0.15, 0.2) is 5.38 Å². The Kier molecular flexibility index (Phi) is 6.02. The summed E-state index contributed by atoms with van der Waals surface area (Å²) in [7, 11) is 0. The second-order valence-corrected chi connectivity index (χ2v) is 8.39. The first-order valence-electron chi connectivity index (χ1n) is 8.85. The van der Waals surface area contributed by atoms with E-state index in [1.807, 2.05) is 5.38 Å². The molecule has 2 heterocycles. The fourth-order valence-corrected chi connectivity index (χ4v) is 4.96. The fraction of sp³-hybridized carbons (Fsp3) is 0.667.